The van der Waals surface area contributed by atoms with Crippen molar-refractivity contribution in [3.05, 3.63) is 23.8 Å². The van der Waals surface area contributed by atoms with Crippen LogP contribution in [0.15, 0.2) is 18.2 Å². The second-order valence-electron chi connectivity index (χ2n) is 4.59. The van der Waals surface area contributed by atoms with Crippen LogP contribution in [0.2, 0.25) is 0 Å². The third kappa shape index (κ3) is 4.15. The summed E-state index contributed by atoms with van der Waals surface area (Å²) in [4.78, 5) is 22.6. The Bertz CT molecular complexity index is 498. The summed E-state index contributed by atoms with van der Waals surface area (Å²) < 4.78 is 10.6. The van der Waals surface area contributed by atoms with Gasteiger partial charge in [0, 0.05) is 6.04 Å². The molecule has 1 aromatic rings. The SMILES string of the molecule is COc1cc(C(=O)O)ccc1OC(C)C(=O)NC(C)C. The molecule has 0 saturated heterocycles. The van der Waals surface area contributed by atoms with Crippen molar-refractivity contribution in [2.45, 2.75) is 32.9 Å². The number of carboxylic acids is 1. The van der Waals surface area contributed by atoms with Crippen LogP contribution in [0.5, 0.6) is 11.5 Å². The highest BCUT2D eigenvalue weighted by Crippen LogP contribution is 2.29. The zero-order valence-electron chi connectivity index (χ0n) is 12.0. The molecule has 0 heterocycles. The number of methoxy groups -OCH3 is 1. The van der Waals surface area contributed by atoms with Crippen molar-refractivity contribution in [3.63, 3.8) is 0 Å². The van der Waals surface area contributed by atoms with Crippen LogP contribution in [0.25, 0.3) is 0 Å². The Labute approximate surface area is 117 Å². The smallest absolute Gasteiger partial charge is 0.335 e. The van der Waals surface area contributed by atoms with Crippen LogP contribution >= 0.6 is 0 Å². The fourth-order valence-corrected chi connectivity index (χ4v) is 1.54. The third-order valence-corrected chi connectivity index (χ3v) is 2.51. The number of nitrogens with one attached hydrogen (secondary N) is 1. The van der Waals surface area contributed by atoms with Gasteiger partial charge in [-0.2, -0.15) is 0 Å². The molecule has 0 radical (unpaired) electrons. The third-order valence-electron chi connectivity index (χ3n) is 2.51. The first kappa shape index (κ1) is 15.8. The molecule has 0 saturated carbocycles. The van der Waals surface area contributed by atoms with E-state index in [2.05, 4.69) is 5.32 Å². The molecule has 0 aliphatic heterocycles. The number of carbonyl (C=O) groups excluding carboxylic acids is 1. The van der Waals surface area contributed by atoms with Gasteiger partial charge in [0.1, 0.15) is 0 Å². The Balaban J connectivity index is 2.86. The van der Waals surface area contributed by atoms with Gasteiger partial charge in [-0.15, -0.1) is 0 Å². The molecule has 1 amide bonds. The Kier molecular flexibility index (Phi) is 5.37. The molecule has 2 N–H and O–H groups in total. The zero-order chi connectivity index (χ0) is 15.3. The first-order chi connectivity index (χ1) is 9.35. The lowest BCUT2D eigenvalue weighted by molar-refractivity contribution is -0.127. The molecule has 0 fully saturated rings. The summed E-state index contributed by atoms with van der Waals surface area (Å²) in [5.41, 5.74) is 0.0912. The maximum absolute atomic E-state index is 11.8. The van der Waals surface area contributed by atoms with Gasteiger partial charge >= 0.3 is 5.97 Å². The van der Waals surface area contributed by atoms with E-state index in [0.717, 1.165) is 0 Å². The number of ether oxygens (including phenoxy) is 2. The zero-order valence-corrected chi connectivity index (χ0v) is 12.0. The molecule has 1 aromatic carbocycles. The van der Waals surface area contributed by atoms with Crippen LogP contribution in [0, 0.1) is 0 Å². The summed E-state index contributed by atoms with van der Waals surface area (Å²) in [5, 5.41) is 11.6. The van der Waals surface area contributed by atoms with Crippen LogP contribution < -0.4 is 14.8 Å². The van der Waals surface area contributed by atoms with Gasteiger partial charge in [-0.25, -0.2) is 4.79 Å². The van der Waals surface area contributed by atoms with Crippen LogP contribution in [0.4, 0.5) is 0 Å². The highest BCUT2D eigenvalue weighted by molar-refractivity contribution is 5.88. The molecular weight excluding hydrogens is 262 g/mol. The summed E-state index contributed by atoms with van der Waals surface area (Å²) in [6, 6.07) is 4.24. The minimum atomic E-state index is -1.06. The summed E-state index contributed by atoms with van der Waals surface area (Å²) in [5.74, 6) is -0.706. The normalized spacial score (nSPS) is 11.8. The lowest BCUT2D eigenvalue weighted by atomic mass is 10.2. The van der Waals surface area contributed by atoms with E-state index in [4.69, 9.17) is 14.6 Å². The van der Waals surface area contributed by atoms with Crippen molar-refractivity contribution in [1.82, 2.24) is 5.32 Å². The van der Waals surface area contributed by atoms with E-state index in [-0.39, 0.29) is 23.3 Å². The average molecular weight is 281 g/mol. The highest BCUT2D eigenvalue weighted by atomic mass is 16.5. The molecule has 110 valence electrons. The fourth-order valence-electron chi connectivity index (χ4n) is 1.54. The summed E-state index contributed by atoms with van der Waals surface area (Å²) in [6.45, 7) is 5.32. The van der Waals surface area contributed by atoms with Gasteiger partial charge in [0.2, 0.25) is 0 Å². The van der Waals surface area contributed by atoms with Crippen molar-refractivity contribution < 1.29 is 24.2 Å². The minimum absolute atomic E-state index is 0.0184. The molecule has 6 heteroatoms. The van der Waals surface area contributed by atoms with Crippen molar-refractivity contribution in [2.75, 3.05) is 7.11 Å². The number of rotatable bonds is 6. The van der Waals surface area contributed by atoms with Crippen LogP contribution in [0.1, 0.15) is 31.1 Å². The molecule has 6 nitrogen and oxygen atoms in total. The molecule has 0 aromatic heterocycles. The van der Waals surface area contributed by atoms with Gasteiger partial charge in [0.05, 0.1) is 12.7 Å². The number of carbonyl (C=O) groups is 2. The standard InChI is InChI=1S/C14H19NO5/c1-8(2)15-13(16)9(3)20-11-6-5-10(14(17)18)7-12(11)19-4/h5-9H,1-4H3,(H,15,16)(H,17,18). The number of hydrogen-bond acceptors (Lipinski definition) is 4. The van der Waals surface area contributed by atoms with Gasteiger partial charge in [-0.3, -0.25) is 4.79 Å². The van der Waals surface area contributed by atoms with E-state index in [9.17, 15) is 9.59 Å². The Morgan fingerprint density at radius 2 is 1.85 bits per heavy atom. The monoisotopic (exact) mass is 281 g/mol. The molecule has 0 spiro atoms. The van der Waals surface area contributed by atoms with Crippen molar-refractivity contribution in [3.8, 4) is 11.5 Å². The number of aromatic carboxylic acids is 1. The van der Waals surface area contributed by atoms with E-state index in [0.29, 0.717) is 5.75 Å². The van der Waals surface area contributed by atoms with E-state index in [1.807, 2.05) is 13.8 Å². The molecule has 1 atom stereocenters. The molecule has 0 aliphatic rings. The molecule has 1 unspecified atom stereocenters. The molecule has 20 heavy (non-hydrogen) atoms. The Hall–Kier alpha value is -2.24. The van der Waals surface area contributed by atoms with Crippen LogP contribution in [-0.4, -0.2) is 36.2 Å². The second-order valence-corrected chi connectivity index (χ2v) is 4.59. The van der Waals surface area contributed by atoms with Crippen molar-refractivity contribution in [2.24, 2.45) is 0 Å². The fraction of sp³-hybridized carbons (Fsp3) is 0.429. The van der Waals surface area contributed by atoms with Crippen molar-refractivity contribution >= 4 is 11.9 Å². The quantitative estimate of drug-likeness (QED) is 0.828. The van der Waals surface area contributed by atoms with Gasteiger partial charge < -0.3 is 19.9 Å². The van der Waals surface area contributed by atoms with Crippen molar-refractivity contribution in [1.29, 1.82) is 0 Å². The lowest BCUT2D eigenvalue weighted by Gasteiger charge is -2.18. The second kappa shape index (κ2) is 6.79. The number of benzene rings is 1. The first-order valence-corrected chi connectivity index (χ1v) is 6.23. The number of amides is 1. The van der Waals surface area contributed by atoms with E-state index < -0.39 is 12.1 Å². The Morgan fingerprint density at radius 3 is 2.35 bits per heavy atom. The minimum Gasteiger partial charge on any atom is -0.493 e. The highest BCUT2D eigenvalue weighted by Gasteiger charge is 2.18. The van der Waals surface area contributed by atoms with E-state index in [1.165, 1.54) is 25.3 Å². The van der Waals surface area contributed by atoms with Crippen LogP contribution in [-0.2, 0) is 4.79 Å². The van der Waals surface area contributed by atoms with Gasteiger partial charge in [-0.05, 0) is 39.0 Å². The van der Waals surface area contributed by atoms with Gasteiger partial charge in [0.25, 0.3) is 5.91 Å². The maximum atomic E-state index is 11.8. The predicted molar refractivity (Wildman–Crippen MR) is 73.3 cm³/mol. The summed E-state index contributed by atoms with van der Waals surface area (Å²) >= 11 is 0. The van der Waals surface area contributed by atoms with Gasteiger partial charge in [-0.1, -0.05) is 0 Å². The predicted octanol–water partition coefficient (Wildman–Crippen LogP) is 1.69. The average Bonchev–Trinajstić information content (AvgIpc) is 2.37. The first-order valence-electron chi connectivity index (χ1n) is 6.23. The number of hydrogen-bond donors (Lipinski definition) is 2. The largest absolute Gasteiger partial charge is 0.493 e. The van der Waals surface area contributed by atoms with Crippen LogP contribution in [0.3, 0.4) is 0 Å². The lowest BCUT2D eigenvalue weighted by Crippen LogP contribution is -2.40. The number of carboxylic acid groups (broad SMARTS) is 1. The molecular formula is C14H19NO5. The maximum Gasteiger partial charge on any atom is 0.335 e. The van der Waals surface area contributed by atoms with E-state index in [1.54, 1.807) is 6.92 Å². The molecule has 0 aliphatic carbocycles. The van der Waals surface area contributed by atoms with E-state index >= 15 is 0 Å². The summed E-state index contributed by atoms with van der Waals surface area (Å²) in [6.07, 6.45) is -0.707. The Morgan fingerprint density at radius 1 is 1.20 bits per heavy atom. The molecule has 0 bridgehead atoms. The topological polar surface area (TPSA) is 84.9 Å². The summed E-state index contributed by atoms with van der Waals surface area (Å²) in [7, 11) is 1.41. The van der Waals surface area contributed by atoms with Gasteiger partial charge in [0.15, 0.2) is 17.6 Å². The molecule has 1 rings (SSSR count).